The highest BCUT2D eigenvalue weighted by molar-refractivity contribution is 5.89. The molecule has 0 fully saturated rings. The minimum absolute atomic E-state index is 0.340. The summed E-state index contributed by atoms with van der Waals surface area (Å²) in [5.74, 6) is 0.189. The molecule has 1 aromatic rings. The maximum absolute atomic E-state index is 11.7. The first-order chi connectivity index (χ1) is 11.2. The predicted molar refractivity (Wildman–Crippen MR) is 85.8 cm³/mol. The Morgan fingerprint density at radius 1 is 1.04 bits per heavy atom. The van der Waals surface area contributed by atoms with Gasteiger partial charge in [0, 0.05) is 6.61 Å². The highest BCUT2D eigenvalue weighted by Gasteiger charge is 2.09. The number of carbonyl (C=O) groups is 1. The van der Waals surface area contributed by atoms with Gasteiger partial charge in [0.2, 0.25) is 0 Å². The fourth-order valence-electron chi connectivity index (χ4n) is 1.77. The van der Waals surface area contributed by atoms with Crippen molar-refractivity contribution in [1.29, 1.82) is 0 Å². The van der Waals surface area contributed by atoms with Crippen LogP contribution in [0.2, 0.25) is 0 Å². The van der Waals surface area contributed by atoms with Crippen molar-refractivity contribution in [1.82, 2.24) is 0 Å². The van der Waals surface area contributed by atoms with Gasteiger partial charge in [-0.15, -0.1) is 0 Å². The van der Waals surface area contributed by atoms with Gasteiger partial charge in [-0.05, 0) is 39.0 Å². The van der Waals surface area contributed by atoms with Crippen LogP contribution in [0.5, 0.6) is 5.75 Å². The quantitative estimate of drug-likeness (QED) is 0.334. The first kappa shape index (κ1) is 19.4. The standard InChI is InChI=1S/C17H26O6/c1-4-19-9-10-20-11-12-22-14(3)23-16-8-6-7-15(13-16)17(18)21-5-2/h6-8,13-14H,4-5,9-12H2,1-3H3/t14-/m0/s1. The van der Waals surface area contributed by atoms with E-state index in [2.05, 4.69) is 0 Å². The minimum atomic E-state index is -0.442. The Kier molecular flexibility index (Phi) is 10.0. The molecule has 0 spiro atoms. The number of esters is 1. The zero-order valence-corrected chi connectivity index (χ0v) is 14.1. The molecule has 0 heterocycles. The van der Waals surface area contributed by atoms with E-state index in [-0.39, 0.29) is 5.97 Å². The zero-order chi connectivity index (χ0) is 16.9. The molecule has 6 nitrogen and oxygen atoms in total. The molecule has 0 aliphatic heterocycles. The van der Waals surface area contributed by atoms with E-state index in [4.69, 9.17) is 23.7 Å². The van der Waals surface area contributed by atoms with Gasteiger partial charge in [0.1, 0.15) is 5.75 Å². The van der Waals surface area contributed by atoms with Crippen molar-refractivity contribution in [3.8, 4) is 5.75 Å². The van der Waals surface area contributed by atoms with Crippen molar-refractivity contribution in [2.45, 2.75) is 27.1 Å². The lowest BCUT2D eigenvalue weighted by molar-refractivity contribution is -0.0859. The number of hydrogen-bond donors (Lipinski definition) is 0. The molecule has 0 unspecified atom stereocenters. The van der Waals surface area contributed by atoms with Crippen LogP contribution in [0.3, 0.4) is 0 Å². The summed E-state index contributed by atoms with van der Waals surface area (Å²) in [6, 6.07) is 6.82. The van der Waals surface area contributed by atoms with Gasteiger partial charge in [0.15, 0.2) is 6.29 Å². The highest BCUT2D eigenvalue weighted by Crippen LogP contribution is 2.16. The first-order valence-electron chi connectivity index (χ1n) is 7.88. The van der Waals surface area contributed by atoms with Gasteiger partial charge in [0.05, 0.1) is 38.6 Å². The first-order valence-corrected chi connectivity index (χ1v) is 7.88. The molecule has 130 valence electrons. The van der Waals surface area contributed by atoms with Gasteiger partial charge < -0.3 is 23.7 Å². The topological polar surface area (TPSA) is 63.2 Å². The monoisotopic (exact) mass is 326 g/mol. The maximum atomic E-state index is 11.7. The van der Waals surface area contributed by atoms with Crippen molar-refractivity contribution >= 4 is 5.97 Å². The Morgan fingerprint density at radius 2 is 1.78 bits per heavy atom. The van der Waals surface area contributed by atoms with E-state index in [0.29, 0.717) is 51.0 Å². The zero-order valence-electron chi connectivity index (χ0n) is 14.1. The molecule has 23 heavy (non-hydrogen) atoms. The van der Waals surface area contributed by atoms with E-state index < -0.39 is 6.29 Å². The van der Waals surface area contributed by atoms with Crippen LogP contribution in [0, 0.1) is 0 Å². The summed E-state index contributed by atoms with van der Waals surface area (Å²) in [5.41, 5.74) is 0.454. The van der Waals surface area contributed by atoms with E-state index in [1.54, 1.807) is 38.1 Å². The molecule has 0 N–H and O–H groups in total. The fourth-order valence-corrected chi connectivity index (χ4v) is 1.77. The summed E-state index contributed by atoms with van der Waals surface area (Å²) in [4.78, 5) is 11.7. The van der Waals surface area contributed by atoms with Crippen LogP contribution in [-0.2, 0) is 18.9 Å². The molecule has 0 amide bonds. The summed E-state index contributed by atoms with van der Waals surface area (Å²) >= 11 is 0. The number of rotatable bonds is 12. The molecule has 1 atom stereocenters. The Bertz CT molecular complexity index is 448. The van der Waals surface area contributed by atoms with E-state index in [0.717, 1.165) is 0 Å². The van der Waals surface area contributed by atoms with Crippen molar-refractivity contribution in [3.05, 3.63) is 29.8 Å². The summed E-state index contributed by atoms with van der Waals surface area (Å²) in [7, 11) is 0. The van der Waals surface area contributed by atoms with Gasteiger partial charge >= 0.3 is 5.97 Å². The second-order valence-corrected chi connectivity index (χ2v) is 4.61. The Morgan fingerprint density at radius 3 is 2.52 bits per heavy atom. The SMILES string of the molecule is CCOCCOCCO[C@H](C)Oc1cccc(C(=O)OCC)c1. The normalized spacial score (nSPS) is 12.0. The third-order valence-electron chi connectivity index (χ3n) is 2.80. The van der Waals surface area contributed by atoms with Gasteiger partial charge in [-0.3, -0.25) is 0 Å². The Labute approximate surface area is 137 Å². The number of benzene rings is 1. The van der Waals surface area contributed by atoms with Crippen LogP contribution in [0.1, 0.15) is 31.1 Å². The Hall–Kier alpha value is -1.63. The van der Waals surface area contributed by atoms with Crippen molar-refractivity contribution < 1.29 is 28.5 Å². The summed E-state index contributed by atoms with van der Waals surface area (Å²) in [6.45, 7) is 8.56. The van der Waals surface area contributed by atoms with Crippen LogP contribution < -0.4 is 4.74 Å². The summed E-state index contributed by atoms with van der Waals surface area (Å²) < 4.78 is 26.6. The van der Waals surface area contributed by atoms with Crippen molar-refractivity contribution in [2.75, 3.05) is 39.6 Å². The lowest BCUT2D eigenvalue weighted by Gasteiger charge is -2.16. The lowest BCUT2D eigenvalue weighted by Crippen LogP contribution is -2.20. The van der Waals surface area contributed by atoms with Gasteiger partial charge in [-0.2, -0.15) is 0 Å². The van der Waals surface area contributed by atoms with Gasteiger partial charge in [-0.1, -0.05) is 6.07 Å². The summed E-state index contributed by atoms with van der Waals surface area (Å²) in [6.07, 6.45) is -0.442. The van der Waals surface area contributed by atoms with Crippen LogP contribution in [0.4, 0.5) is 0 Å². The third-order valence-corrected chi connectivity index (χ3v) is 2.80. The maximum Gasteiger partial charge on any atom is 0.338 e. The molecule has 0 radical (unpaired) electrons. The predicted octanol–water partition coefficient (Wildman–Crippen LogP) is 2.66. The summed E-state index contributed by atoms with van der Waals surface area (Å²) in [5, 5.41) is 0. The number of carbonyl (C=O) groups excluding carboxylic acids is 1. The van der Waals surface area contributed by atoms with Gasteiger partial charge in [0.25, 0.3) is 0 Å². The molecule has 0 aliphatic rings. The number of ether oxygens (including phenoxy) is 5. The van der Waals surface area contributed by atoms with Crippen molar-refractivity contribution in [2.24, 2.45) is 0 Å². The van der Waals surface area contributed by atoms with Crippen LogP contribution >= 0.6 is 0 Å². The molecule has 0 saturated heterocycles. The average Bonchev–Trinajstić information content (AvgIpc) is 2.54. The molecule has 0 aliphatic carbocycles. The van der Waals surface area contributed by atoms with E-state index in [1.807, 2.05) is 6.92 Å². The van der Waals surface area contributed by atoms with Crippen LogP contribution in [0.15, 0.2) is 24.3 Å². The van der Waals surface area contributed by atoms with Crippen LogP contribution in [-0.4, -0.2) is 51.9 Å². The van der Waals surface area contributed by atoms with Crippen LogP contribution in [0.25, 0.3) is 0 Å². The molecule has 1 aromatic carbocycles. The second kappa shape index (κ2) is 11.9. The molecule has 0 aromatic heterocycles. The van der Waals surface area contributed by atoms with E-state index >= 15 is 0 Å². The average molecular weight is 326 g/mol. The lowest BCUT2D eigenvalue weighted by atomic mass is 10.2. The smallest absolute Gasteiger partial charge is 0.338 e. The largest absolute Gasteiger partial charge is 0.465 e. The number of hydrogen-bond acceptors (Lipinski definition) is 6. The molecular weight excluding hydrogens is 300 g/mol. The second-order valence-electron chi connectivity index (χ2n) is 4.61. The minimum Gasteiger partial charge on any atom is -0.465 e. The van der Waals surface area contributed by atoms with E-state index in [9.17, 15) is 4.79 Å². The molecule has 0 bridgehead atoms. The molecule has 6 heteroatoms. The van der Waals surface area contributed by atoms with E-state index in [1.165, 1.54) is 0 Å². The molecule has 1 rings (SSSR count). The highest BCUT2D eigenvalue weighted by atomic mass is 16.7. The van der Waals surface area contributed by atoms with Gasteiger partial charge in [-0.25, -0.2) is 4.79 Å². The molecule has 0 saturated carbocycles. The third kappa shape index (κ3) is 8.54. The molecular formula is C17H26O6. The fraction of sp³-hybridized carbons (Fsp3) is 0.588. The Balaban J connectivity index is 2.27. The van der Waals surface area contributed by atoms with Crippen molar-refractivity contribution in [3.63, 3.8) is 0 Å².